The third-order valence-corrected chi connectivity index (χ3v) is 2.97. The minimum absolute atomic E-state index is 0.257. The van der Waals surface area contributed by atoms with Gasteiger partial charge in [-0.15, -0.1) is 6.42 Å². The van der Waals surface area contributed by atoms with Crippen LogP contribution in [0.2, 0.25) is 0 Å². The average molecular weight is 333 g/mol. The maximum Gasteiger partial charge on any atom is 0.149 e. The molecule has 0 bridgehead atoms. The predicted molar refractivity (Wildman–Crippen MR) is 68.9 cm³/mol. The summed E-state index contributed by atoms with van der Waals surface area (Å²) in [5.41, 5.74) is 6.65. The highest BCUT2D eigenvalue weighted by Crippen LogP contribution is 2.34. The van der Waals surface area contributed by atoms with E-state index in [9.17, 15) is 0 Å². The quantitative estimate of drug-likeness (QED) is 0.860. The van der Waals surface area contributed by atoms with Crippen molar-refractivity contribution in [2.75, 3.05) is 13.2 Å². The summed E-state index contributed by atoms with van der Waals surface area (Å²) in [5, 5.41) is 0. The van der Waals surface area contributed by atoms with Crippen molar-refractivity contribution in [3.63, 3.8) is 0 Å². The Hall–Kier alpha value is -0.500. The van der Waals surface area contributed by atoms with E-state index in [-0.39, 0.29) is 6.61 Å². The van der Waals surface area contributed by atoms with Gasteiger partial charge in [-0.05, 0) is 62.5 Å². The SMILES string of the molecule is C#CCOc1c(Br)cc(CCN)cc1Br. The largest absolute Gasteiger partial charge is 0.479 e. The van der Waals surface area contributed by atoms with Crippen LogP contribution in [-0.4, -0.2) is 13.2 Å². The molecule has 0 radical (unpaired) electrons. The Labute approximate surface area is 106 Å². The minimum Gasteiger partial charge on any atom is -0.479 e. The van der Waals surface area contributed by atoms with Gasteiger partial charge in [0.05, 0.1) is 8.95 Å². The van der Waals surface area contributed by atoms with Crippen molar-refractivity contribution in [2.24, 2.45) is 5.73 Å². The van der Waals surface area contributed by atoms with Crippen LogP contribution in [-0.2, 0) is 6.42 Å². The summed E-state index contributed by atoms with van der Waals surface area (Å²) in [5.74, 6) is 3.16. The minimum atomic E-state index is 0.257. The Morgan fingerprint density at radius 2 is 1.93 bits per heavy atom. The molecule has 2 N–H and O–H groups in total. The Bertz CT molecular complexity index is 362. The van der Waals surface area contributed by atoms with Crippen molar-refractivity contribution in [1.29, 1.82) is 0 Å². The maximum atomic E-state index is 5.49. The summed E-state index contributed by atoms with van der Waals surface area (Å²) in [7, 11) is 0. The zero-order valence-electron chi connectivity index (χ0n) is 8.09. The van der Waals surface area contributed by atoms with E-state index in [1.165, 1.54) is 0 Å². The second-order valence-electron chi connectivity index (χ2n) is 2.92. The highest BCUT2D eigenvalue weighted by molar-refractivity contribution is 9.11. The van der Waals surface area contributed by atoms with Crippen LogP contribution in [0.4, 0.5) is 0 Å². The lowest BCUT2D eigenvalue weighted by Crippen LogP contribution is -2.03. The van der Waals surface area contributed by atoms with Gasteiger partial charge in [0, 0.05) is 0 Å². The molecule has 2 nitrogen and oxygen atoms in total. The molecule has 0 fully saturated rings. The van der Waals surface area contributed by atoms with Gasteiger partial charge in [0.15, 0.2) is 0 Å². The fourth-order valence-corrected chi connectivity index (χ4v) is 2.69. The van der Waals surface area contributed by atoms with Gasteiger partial charge in [-0.2, -0.15) is 0 Å². The summed E-state index contributed by atoms with van der Waals surface area (Å²) >= 11 is 6.87. The second kappa shape index (κ2) is 6.16. The van der Waals surface area contributed by atoms with Crippen molar-refractivity contribution in [3.8, 4) is 18.1 Å². The van der Waals surface area contributed by atoms with Crippen LogP contribution >= 0.6 is 31.9 Å². The molecule has 0 saturated carbocycles. The van der Waals surface area contributed by atoms with Crippen molar-refractivity contribution in [3.05, 3.63) is 26.6 Å². The second-order valence-corrected chi connectivity index (χ2v) is 4.63. The summed E-state index contributed by atoms with van der Waals surface area (Å²) < 4.78 is 7.16. The van der Waals surface area contributed by atoms with E-state index in [1.54, 1.807) is 0 Å². The first-order chi connectivity index (χ1) is 7.19. The first-order valence-electron chi connectivity index (χ1n) is 4.43. The van der Waals surface area contributed by atoms with Gasteiger partial charge in [0.25, 0.3) is 0 Å². The maximum absolute atomic E-state index is 5.49. The van der Waals surface area contributed by atoms with E-state index < -0.39 is 0 Å². The number of benzene rings is 1. The first kappa shape index (κ1) is 12.6. The van der Waals surface area contributed by atoms with Gasteiger partial charge in [0.2, 0.25) is 0 Å². The van der Waals surface area contributed by atoms with Crippen LogP contribution < -0.4 is 10.5 Å². The Balaban J connectivity index is 2.94. The number of hydrogen-bond donors (Lipinski definition) is 1. The first-order valence-corrected chi connectivity index (χ1v) is 6.02. The van der Waals surface area contributed by atoms with E-state index in [0.717, 1.165) is 26.7 Å². The molecule has 0 atom stereocenters. The molecule has 0 saturated heterocycles. The fourth-order valence-electron chi connectivity index (χ4n) is 1.18. The molecule has 0 amide bonds. The summed E-state index contributed by atoms with van der Waals surface area (Å²) in [6.07, 6.45) is 5.97. The Morgan fingerprint density at radius 1 is 1.33 bits per heavy atom. The predicted octanol–water partition coefficient (Wildman–Crippen LogP) is 2.72. The van der Waals surface area contributed by atoms with Crippen molar-refractivity contribution >= 4 is 31.9 Å². The highest BCUT2D eigenvalue weighted by Gasteiger charge is 2.08. The topological polar surface area (TPSA) is 35.2 Å². The molecular formula is C11H11Br2NO. The number of halogens is 2. The van der Waals surface area contributed by atoms with Gasteiger partial charge in [-0.1, -0.05) is 5.92 Å². The smallest absolute Gasteiger partial charge is 0.149 e. The number of rotatable bonds is 4. The van der Waals surface area contributed by atoms with Gasteiger partial charge >= 0.3 is 0 Å². The van der Waals surface area contributed by atoms with E-state index in [0.29, 0.717) is 6.54 Å². The zero-order chi connectivity index (χ0) is 11.3. The van der Waals surface area contributed by atoms with Crippen LogP contribution in [0.3, 0.4) is 0 Å². The number of nitrogens with two attached hydrogens (primary N) is 1. The third kappa shape index (κ3) is 3.53. The molecule has 1 aromatic carbocycles. The lowest BCUT2D eigenvalue weighted by molar-refractivity contribution is 0.365. The standard InChI is InChI=1S/C11H11Br2NO/c1-2-5-15-11-9(12)6-8(3-4-14)7-10(11)13/h1,6-7H,3-5,14H2. The Morgan fingerprint density at radius 3 is 2.40 bits per heavy atom. The van der Waals surface area contributed by atoms with Crippen molar-refractivity contribution < 1.29 is 4.74 Å². The van der Waals surface area contributed by atoms with Crippen LogP contribution in [0, 0.1) is 12.3 Å². The monoisotopic (exact) mass is 331 g/mol. The molecule has 0 aliphatic heterocycles. The molecule has 0 unspecified atom stereocenters. The molecule has 4 heteroatoms. The molecule has 0 aromatic heterocycles. The molecule has 1 rings (SSSR count). The molecule has 0 spiro atoms. The summed E-state index contributed by atoms with van der Waals surface area (Å²) in [4.78, 5) is 0. The molecule has 15 heavy (non-hydrogen) atoms. The molecular weight excluding hydrogens is 322 g/mol. The summed E-state index contributed by atoms with van der Waals surface area (Å²) in [6.45, 7) is 0.886. The average Bonchev–Trinajstić information content (AvgIpc) is 2.17. The van der Waals surface area contributed by atoms with Gasteiger partial charge < -0.3 is 10.5 Å². The summed E-state index contributed by atoms with van der Waals surface area (Å²) in [6, 6.07) is 3.98. The highest BCUT2D eigenvalue weighted by atomic mass is 79.9. The van der Waals surface area contributed by atoms with Gasteiger partial charge in [-0.25, -0.2) is 0 Å². The fraction of sp³-hybridized carbons (Fsp3) is 0.273. The van der Waals surface area contributed by atoms with E-state index in [4.69, 9.17) is 16.9 Å². The lowest BCUT2D eigenvalue weighted by atomic mass is 10.1. The normalized spacial score (nSPS) is 9.73. The van der Waals surface area contributed by atoms with Crippen LogP contribution in [0.1, 0.15) is 5.56 Å². The van der Waals surface area contributed by atoms with Crippen molar-refractivity contribution in [1.82, 2.24) is 0 Å². The number of terminal acetylenes is 1. The van der Waals surface area contributed by atoms with Crippen LogP contribution in [0.15, 0.2) is 21.1 Å². The van der Waals surface area contributed by atoms with Gasteiger partial charge in [0.1, 0.15) is 12.4 Å². The molecule has 0 aliphatic rings. The lowest BCUT2D eigenvalue weighted by Gasteiger charge is -2.09. The molecule has 80 valence electrons. The zero-order valence-corrected chi connectivity index (χ0v) is 11.3. The number of hydrogen-bond acceptors (Lipinski definition) is 2. The van der Waals surface area contributed by atoms with Gasteiger partial charge in [-0.3, -0.25) is 0 Å². The molecule has 1 aromatic rings. The Kier molecular flexibility index (Phi) is 5.16. The third-order valence-electron chi connectivity index (χ3n) is 1.79. The van der Waals surface area contributed by atoms with Crippen LogP contribution in [0.25, 0.3) is 0 Å². The number of ether oxygens (including phenoxy) is 1. The van der Waals surface area contributed by atoms with E-state index >= 15 is 0 Å². The van der Waals surface area contributed by atoms with E-state index in [2.05, 4.69) is 37.8 Å². The van der Waals surface area contributed by atoms with Crippen LogP contribution in [0.5, 0.6) is 5.75 Å². The molecule has 0 heterocycles. The molecule has 0 aliphatic carbocycles. The van der Waals surface area contributed by atoms with Crippen molar-refractivity contribution in [2.45, 2.75) is 6.42 Å². The van der Waals surface area contributed by atoms with E-state index in [1.807, 2.05) is 12.1 Å².